The first kappa shape index (κ1) is 14.8. The van der Waals surface area contributed by atoms with Crippen molar-refractivity contribution >= 4 is 49.3 Å². The Morgan fingerprint density at radius 1 is 1.26 bits per heavy atom. The van der Waals surface area contributed by atoms with Crippen LogP contribution in [-0.2, 0) is 0 Å². The Hall–Kier alpha value is -0.580. The van der Waals surface area contributed by atoms with Gasteiger partial charge in [-0.05, 0) is 56.5 Å². The minimum atomic E-state index is 0.138. The summed E-state index contributed by atoms with van der Waals surface area (Å²) in [6.45, 7) is 2.11. The maximum Gasteiger partial charge on any atom is 0.143 e. The number of pyridine rings is 1. The molecule has 0 aliphatic rings. The average molecular weight is 405 g/mol. The van der Waals surface area contributed by atoms with Crippen LogP contribution >= 0.6 is 43.5 Å². The van der Waals surface area contributed by atoms with Gasteiger partial charge in [0, 0.05) is 22.7 Å². The van der Waals surface area contributed by atoms with Crippen molar-refractivity contribution in [2.45, 2.75) is 13.0 Å². The Kier molecular flexibility index (Phi) is 4.87. The van der Waals surface area contributed by atoms with Crippen LogP contribution in [-0.4, -0.2) is 12.0 Å². The van der Waals surface area contributed by atoms with E-state index in [2.05, 4.69) is 48.7 Å². The van der Waals surface area contributed by atoms with Crippen molar-refractivity contribution in [2.75, 3.05) is 11.9 Å². The molecule has 2 nitrogen and oxygen atoms in total. The number of rotatable bonds is 3. The largest absolute Gasteiger partial charge is 0.352 e. The Labute approximate surface area is 135 Å². The van der Waals surface area contributed by atoms with Gasteiger partial charge in [-0.1, -0.05) is 29.8 Å². The zero-order valence-corrected chi connectivity index (χ0v) is 14.5. The van der Waals surface area contributed by atoms with Crippen LogP contribution in [0.15, 0.2) is 45.5 Å². The van der Waals surface area contributed by atoms with E-state index in [0.29, 0.717) is 0 Å². The summed E-state index contributed by atoms with van der Waals surface area (Å²) in [4.78, 5) is 6.54. The lowest BCUT2D eigenvalue weighted by Crippen LogP contribution is -2.23. The van der Waals surface area contributed by atoms with E-state index >= 15 is 0 Å². The van der Waals surface area contributed by atoms with Crippen molar-refractivity contribution in [3.8, 4) is 0 Å². The van der Waals surface area contributed by atoms with Gasteiger partial charge in [-0.15, -0.1) is 0 Å². The van der Waals surface area contributed by atoms with Crippen LogP contribution in [0.2, 0.25) is 5.02 Å². The smallest absolute Gasteiger partial charge is 0.143 e. The molecule has 2 aromatic rings. The SMILES string of the molecule is CC(c1ccccc1Cl)N(C)c1ncc(Br)cc1Br. The third kappa shape index (κ3) is 3.30. The molecule has 0 aliphatic heterocycles. The molecule has 0 saturated carbocycles. The Bertz CT molecular complexity index is 589. The van der Waals surface area contributed by atoms with E-state index in [1.54, 1.807) is 6.20 Å². The normalized spacial score (nSPS) is 12.3. The molecule has 0 spiro atoms. The van der Waals surface area contributed by atoms with Crippen molar-refractivity contribution < 1.29 is 0 Å². The summed E-state index contributed by atoms with van der Waals surface area (Å²) in [7, 11) is 2.01. The Morgan fingerprint density at radius 2 is 1.95 bits per heavy atom. The highest BCUT2D eigenvalue weighted by Gasteiger charge is 2.17. The third-order valence-electron chi connectivity index (χ3n) is 3.06. The maximum atomic E-state index is 6.25. The first-order chi connectivity index (χ1) is 9.00. The number of halogens is 3. The molecule has 0 amide bonds. The molecule has 1 atom stereocenters. The summed E-state index contributed by atoms with van der Waals surface area (Å²) < 4.78 is 1.89. The van der Waals surface area contributed by atoms with Crippen molar-refractivity contribution in [2.24, 2.45) is 0 Å². The van der Waals surface area contributed by atoms with Crippen LogP contribution in [0.3, 0.4) is 0 Å². The molecule has 0 radical (unpaired) electrons. The summed E-state index contributed by atoms with van der Waals surface area (Å²) in [6.07, 6.45) is 1.79. The van der Waals surface area contributed by atoms with Gasteiger partial charge in [-0.25, -0.2) is 4.98 Å². The van der Waals surface area contributed by atoms with Gasteiger partial charge in [0.05, 0.1) is 10.5 Å². The molecule has 0 aliphatic carbocycles. The lowest BCUT2D eigenvalue weighted by molar-refractivity contribution is 0.727. The molecule has 0 saturated heterocycles. The van der Waals surface area contributed by atoms with Crippen LogP contribution in [0.5, 0.6) is 0 Å². The van der Waals surface area contributed by atoms with Gasteiger partial charge in [-0.3, -0.25) is 0 Å². The van der Waals surface area contributed by atoms with Crippen molar-refractivity contribution in [1.82, 2.24) is 4.98 Å². The highest BCUT2D eigenvalue weighted by Crippen LogP contribution is 2.33. The summed E-state index contributed by atoms with van der Waals surface area (Å²) in [5.41, 5.74) is 1.09. The van der Waals surface area contributed by atoms with Gasteiger partial charge < -0.3 is 4.90 Å². The standard InChI is InChI=1S/C14H13Br2ClN2/c1-9(11-5-3-4-6-13(11)17)19(2)14-12(16)7-10(15)8-18-14/h3-9H,1-2H3. The zero-order valence-electron chi connectivity index (χ0n) is 10.6. The highest BCUT2D eigenvalue weighted by atomic mass is 79.9. The van der Waals surface area contributed by atoms with Gasteiger partial charge in [0.25, 0.3) is 0 Å². The van der Waals surface area contributed by atoms with Crippen molar-refractivity contribution in [3.05, 3.63) is 56.1 Å². The van der Waals surface area contributed by atoms with E-state index in [0.717, 1.165) is 25.3 Å². The van der Waals surface area contributed by atoms with Crippen molar-refractivity contribution in [1.29, 1.82) is 0 Å². The minimum absolute atomic E-state index is 0.138. The number of benzene rings is 1. The second-order valence-corrected chi connectivity index (χ2v) is 6.44. The molecule has 1 unspecified atom stereocenters. The molecule has 0 bridgehead atoms. The molecule has 0 N–H and O–H groups in total. The Balaban J connectivity index is 2.33. The molecule has 1 aromatic carbocycles. The van der Waals surface area contributed by atoms with Crippen LogP contribution in [0.4, 0.5) is 5.82 Å². The average Bonchev–Trinajstić information content (AvgIpc) is 2.38. The third-order valence-corrected chi connectivity index (χ3v) is 4.42. The Morgan fingerprint density at radius 3 is 2.58 bits per heavy atom. The van der Waals surface area contributed by atoms with Crippen LogP contribution < -0.4 is 4.90 Å². The predicted molar refractivity (Wildman–Crippen MR) is 87.9 cm³/mol. The molecule has 1 aromatic heterocycles. The van der Waals surface area contributed by atoms with Gasteiger partial charge in [0.2, 0.25) is 0 Å². The van der Waals surface area contributed by atoms with E-state index < -0.39 is 0 Å². The predicted octanol–water partition coefficient (Wildman–Crippen LogP) is 5.46. The number of hydrogen-bond donors (Lipinski definition) is 0. The summed E-state index contributed by atoms with van der Waals surface area (Å²) >= 11 is 13.2. The fourth-order valence-corrected chi connectivity index (χ4v) is 3.43. The quantitative estimate of drug-likeness (QED) is 0.676. The first-order valence-electron chi connectivity index (χ1n) is 5.79. The van der Waals surface area contributed by atoms with Crippen LogP contribution in [0.25, 0.3) is 0 Å². The molecular weight excluding hydrogens is 391 g/mol. The number of hydrogen-bond acceptors (Lipinski definition) is 2. The minimum Gasteiger partial charge on any atom is -0.352 e. The van der Waals surface area contributed by atoms with E-state index in [9.17, 15) is 0 Å². The zero-order chi connectivity index (χ0) is 14.0. The van der Waals surface area contributed by atoms with Crippen LogP contribution in [0, 0.1) is 0 Å². The topological polar surface area (TPSA) is 16.1 Å². The van der Waals surface area contributed by atoms with E-state index in [1.165, 1.54) is 0 Å². The monoisotopic (exact) mass is 402 g/mol. The number of anilines is 1. The molecule has 1 heterocycles. The second kappa shape index (κ2) is 6.25. The van der Waals surface area contributed by atoms with Gasteiger partial charge in [0.1, 0.15) is 5.82 Å². The summed E-state index contributed by atoms with van der Waals surface area (Å²) in [5, 5.41) is 0.773. The number of aromatic nitrogens is 1. The first-order valence-corrected chi connectivity index (χ1v) is 7.75. The van der Waals surface area contributed by atoms with Gasteiger partial charge in [0.15, 0.2) is 0 Å². The maximum absolute atomic E-state index is 6.25. The second-order valence-electron chi connectivity index (χ2n) is 4.27. The molecule has 0 fully saturated rings. The highest BCUT2D eigenvalue weighted by molar-refractivity contribution is 9.11. The molecule has 5 heteroatoms. The fourth-order valence-electron chi connectivity index (χ4n) is 1.87. The molecule has 100 valence electrons. The van der Waals surface area contributed by atoms with Crippen molar-refractivity contribution in [3.63, 3.8) is 0 Å². The fraction of sp³-hybridized carbons (Fsp3) is 0.214. The molecular formula is C14H13Br2ClN2. The summed E-state index contributed by atoms with van der Waals surface area (Å²) in [5.74, 6) is 0.885. The number of nitrogens with zero attached hydrogens (tertiary/aromatic N) is 2. The lowest BCUT2D eigenvalue weighted by Gasteiger charge is -2.27. The molecule has 2 rings (SSSR count). The van der Waals surface area contributed by atoms with E-state index in [4.69, 9.17) is 11.6 Å². The lowest BCUT2D eigenvalue weighted by atomic mass is 10.1. The molecule has 19 heavy (non-hydrogen) atoms. The van der Waals surface area contributed by atoms with Crippen LogP contribution in [0.1, 0.15) is 18.5 Å². The summed E-state index contributed by atoms with van der Waals surface area (Å²) in [6, 6.07) is 10.0. The van der Waals surface area contributed by atoms with Gasteiger partial charge in [-0.2, -0.15) is 0 Å². The van der Waals surface area contributed by atoms with E-state index in [1.807, 2.05) is 37.4 Å². The van der Waals surface area contributed by atoms with E-state index in [-0.39, 0.29) is 6.04 Å². The van der Waals surface area contributed by atoms with Gasteiger partial charge >= 0.3 is 0 Å².